The van der Waals surface area contributed by atoms with Gasteiger partial charge in [0.05, 0.1) is 23.5 Å². The van der Waals surface area contributed by atoms with Crippen molar-refractivity contribution in [2.24, 2.45) is 5.73 Å². The number of carbonyl (C=O) groups excluding carboxylic acids is 3. The van der Waals surface area contributed by atoms with E-state index < -0.39 is 17.7 Å². The number of primary amides is 1. The van der Waals surface area contributed by atoms with Crippen molar-refractivity contribution >= 4 is 46.6 Å². The van der Waals surface area contributed by atoms with Crippen LogP contribution in [0.25, 0.3) is 0 Å². The van der Waals surface area contributed by atoms with Crippen LogP contribution in [-0.4, -0.2) is 34.2 Å². The number of nitrogens with two attached hydrogens (primary N) is 1. The fourth-order valence-corrected chi connectivity index (χ4v) is 3.79. The van der Waals surface area contributed by atoms with Gasteiger partial charge < -0.3 is 16.0 Å². The molecule has 1 saturated heterocycles. The fourth-order valence-electron chi connectivity index (χ4n) is 3.25. The van der Waals surface area contributed by atoms with Crippen molar-refractivity contribution in [3.63, 3.8) is 0 Å². The summed E-state index contributed by atoms with van der Waals surface area (Å²) in [5.41, 5.74) is 6.35. The minimum absolute atomic E-state index is 0.134. The molecule has 146 valence electrons. The first-order valence-corrected chi connectivity index (χ1v) is 9.43. The summed E-state index contributed by atoms with van der Waals surface area (Å²) in [5.74, 6) is -2.17. The minimum Gasteiger partial charge on any atom is -0.366 e. The molecule has 3 rings (SSSR count). The van der Waals surface area contributed by atoms with Crippen LogP contribution in [0.5, 0.6) is 0 Å². The van der Waals surface area contributed by atoms with Crippen LogP contribution in [0, 0.1) is 0 Å². The van der Waals surface area contributed by atoms with Crippen molar-refractivity contribution < 1.29 is 14.4 Å². The Morgan fingerprint density at radius 2 is 1.79 bits per heavy atom. The quantitative estimate of drug-likeness (QED) is 0.743. The number of nitrogens with one attached hydrogen (secondary N) is 1. The SMILES string of the molecule is NC(=O)c1cncc(NC(=O)C(=O)N2CCCC[C@H]2c2cc(Cl)cc(Cl)c2)c1. The maximum atomic E-state index is 12.8. The Labute approximate surface area is 171 Å². The van der Waals surface area contributed by atoms with Gasteiger partial charge in [-0.3, -0.25) is 19.4 Å². The summed E-state index contributed by atoms with van der Waals surface area (Å²) in [4.78, 5) is 41.9. The van der Waals surface area contributed by atoms with E-state index in [1.54, 1.807) is 18.2 Å². The number of likely N-dealkylation sites (tertiary alicyclic amines) is 1. The molecule has 0 spiro atoms. The van der Waals surface area contributed by atoms with E-state index in [0.717, 1.165) is 18.4 Å². The molecule has 28 heavy (non-hydrogen) atoms. The highest BCUT2D eigenvalue weighted by Crippen LogP contribution is 2.34. The molecule has 1 aromatic carbocycles. The third-order valence-electron chi connectivity index (χ3n) is 4.51. The number of halogens is 2. The summed E-state index contributed by atoms with van der Waals surface area (Å²) in [6.07, 6.45) is 5.03. The van der Waals surface area contributed by atoms with Gasteiger partial charge in [-0.2, -0.15) is 0 Å². The van der Waals surface area contributed by atoms with E-state index in [9.17, 15) is 14.4 Å². The van der Waals surface area contributed by atoms with Gasteiger partial charge in [-0.05, 0) is 49.1 Å². The van der Waals surface area contributed by atoms with E-state index in [1.807, 2.05) is 0 Å². The third-order valence-corrected chi connectivity index (χ3v) is 4.94. The number of benzene rings is 1. The lowest BCUT2D eigenvalue weighted by atomic mass is 9.95. The molecule has 1 aliphatic heterocycles. The molecular weight excluding hydrogens is 403 g/mol. The third kappa shape index (κ3) is 4.61. The molecular formula is C19H18Cl2N4O3. The molecule has 0 bridgehead atoms. The second-order valence-electron chi connectivity index (χ2n) is 6.49. The number of pyridine rings is 1. The first kappa shape index (κ1) is 20.1. The molecule has 3 amide bonds. The molecule has 9 heteroatoms. The molecule has 0 unspecified atom stereocenters. The van der Waals surface area contributed by atoms with Gasteiger partial charge in [0.2, 0.25) is 5.91 Å². The molecule has 1 fully saturated rings. The summed E-state index contributed by atoms with van der Waals surface area (Å²) >= 11 is 12.2. The molecule has 1 aliphatic rings. The lowest BCUT2D eigenvalue weighted by Crippen LogP contribution is -2.44. The highest BCUT2D eigenvalue weighted by Gasteiger charge is 2.32. The maximum absolute atomic E-state index is 12.8. The Morgan fingerprint density at radius 1 is 1.07 bits per heavy atom. The molecule has 0 saturated carbocycles. The van der Waals surface area contributed by atoms with E-state index in [4.69, 9.17) is 28.9 Å². The van der Waals surface area contributed by atoms with E-state index in [0.29, 0.717) is 23.0 Å². The highest BCUT2D eigenvalue weighted by molar-refractivity contribution is 6.39. The number of anilines is 1. The van der Waals surface area contributed by atoms with Gasteiger partial charge in [0, 0.05) is 22.8 Å². The van der Waals surface area contributed by atoms with Gasteiger partial charge in [-0.1, -0.05) is 23.2 Å². The lowest BCUT2D eigenvalue weighted by molar-refractivity contribution is -0.145. The molecule has 7 nitrogen and oxygen atoms in total. The van der Waals surface area contributed by atoms with Crippen LogP contribution in [-0.2, 0) is 9.59 Å². The average molecular weight is 421 g/mol. The second kappa shape index (κ2) is 8.58. The minimum atomic E-state index is -0.816. The maximum Gasteiger partial charge on any atom is 0.313 e. The lowest BCUT2D eigenvalue weighted by Gasteiger charge is -2.35. The van der Waals surface area contributed by atoms with Crippen LogP contribution in [0.15, 0.2) is 36.7 Å². The van der Waals surface area contributed by atoms with E-state index in [-0.39, 0.29) is 17.3 Å². The van der Waals surface area contributed by atoms with Gasteiger partial charge in [0.25, 0.3) is 0 Å². The normalized spacial score (nSPS) is 16.5. The Balaban J connectivity index is 1.79. The van der Waals surface area contributed by atoms with E-state index in [1.165, 1.54) is 23.4 Å². The second-order valence-corrected chi connectivity index (χ2v) is 7.37. The zero-order valence-corrected chi connectivity index (χ0v) is 16.3. The Morgan fingerprint density at radius 3 is 2.46 bits per heavy atom. The molecule has 1 aromatic heterocycles. The Bertz CT molecular complexity index is 915. The Kier molecular flexibility index (Phi) is 6.16. The number of piperidine rings is 1. The fraction of sp³-hybridized carbons (Fsp3) is 0.263. The zero-order valence-electron chi connectivity index (χ0n) is 14.8. The van der Waals surface area contributed by atoms with Crippen LogP contribution in [0.3, 0.4) is 0 Å². The van der Waals surface area contributed by atoms with Crippen molar-refractivity contribution in [1.29, 1.82) is 0 Å². The van der Waals surface area contributed by atoms with Crippen molar-refractivity contribution in [3.8, 4) is 0 Å². The Hall–Kier alpha value is -2.64. The smallest absolute Gasteiger partial charge is 0.313 e. The molecule has 0 aliphatic carbocycles. The number of aromatic nitrogens is 1. The predicted molar refractivity (Wildman–Crippen MR) is 106 cm³/mol. The largest absolute Gasteiger partial charge is 0.366 e. The predicted octanol–water partition coefficient (Wildman–Crippen LogP) is 3.18. The summed E-state index contributed by atoms with van der Waals surface area (Å²) < 4.78 is 0. The molecule has 0 radical (unpaired) electrons. The number of carbonyl (C=O) groups is 3. The van der Waals surface area contributed by atoms with Crippen molar-refractivity contribution in [3.05, 3.63) is 57.8 Å². The summed E-state index contributed by atoms with van der Waals surface area (Å²) in [5, 5.41) is 3.42. The topological polar surface area (TPSA) is 105 Å². The first-order valence-electron chi connectivity index (χ1n) is 8.68. The molecule has 2 aromatic rings. The number of amides is 3. The first-order chi connectivity index (χ1) is 13.3. The summed E-state index contributed by atoms with van der Waals surface area (Å²) in [6.45, 7) is 0.445. The van der Waals surface area contributed by atoms with Gasteiger partial charge in [-0.15, -0.1) is 0 Å². The highest BCUT2D eigenvalue weighted by atomic mass is 35.5. The van der Waals surface area contributed by atoms with Crippen LogP contribution in [0.1, 0.15) is 41.2 Å². The monoisotopic (exact) mass is 420 g/mol. The van der Waals surface area contributed by atoms with E-state index in [2.05, 4.69) is 10.3 Å². The van der Waals surface area contributed by atoms with Gasteiger partial charge in [0.1, 0.15) is 0 Å². The van der Waals surface area contributed by atoms with Gasteiger partial charge in [0.15, 0.2) is 0 Å². The van der Waals surface area contributed by atoms with Crippen LogP contribution >= 0.6 is 23.2 Å². The van der Waals surface area contributed by atoms with Crippen LogP contribution in [0.2, 0.25) is 10.0 Å². The summed E-state index contributed by atoms with van der Waals surface area (Å²) in [6, 6.07) is 6.19. The van der Waals surface area contributed by atoms with Crippen LogP contribution in [0.4, 0.5) is 5.69 Å². The number of nitrogens with zero attached hydrogens (tertiary/aromatic N) is 2. The molecule has 3 N–H and O–H groups in total. The van der Waals surface area contributed by atoms with E-state index >= 15 is 0 Å². The van der Waals surface area contributed by atoms with Crippen molar-refractivity contribution in [1.82, 2.24) is 9.88 Å². The average Bonchev–Trinajstić information content (AvgIpc) is 2.66. The van der Waals surface area contributed by atoms with Gasteiger partial charge in [-0.25, -0.2) is 0 Å². The number of rotatable bonds is 3. The summed E-state index contributed by atoms with van der Waals surface area (Å²) in [7, 11) is 0. The van der Waals surface area contributed by atoms with Crippen molar-refractivity contribution in [2.45, 2.75) is 25.3 Å². The van der Waals surface area contributed by atoms with Gasteiger partial charge >= 0.3 is 11.8 Å². The molecule has 2 heterocycles. The van der Waals surface area contributed by atoms with Crippen LogP contribution < -0.4 is 11.1 Å². The molecule has 1 atom stereocenters. The number of hydrogen-bond acceptors (Lipinski definition) is 4. The van der Waals surface area contributed by atoms with Crippen molar-refractivity contribution in [2.75, 3.05) is 11.9 Å². The zero-order chi connectivity index (χ0) is 20.3. The standard InChI is InChI=1S/C19H18Cl2N4O3/c20-13-5-11(6-14(21)8-13)16-3-1-2-4-25(16)19(28)18(27)24-15-7-12(17(22)26)9-23-10-15/h5-10,16H,1-4H2,(H2,22,26)(H,24,27)/t16-/m0/s1. The number of hydrogen-bond donors (Lipinski definition) is 2.